The summed E-state index contributed by atoms with van der Waals surface area (Å²) < 4.78 is 1.79. The number of halogens is 1. The van der Waals surface area contributed by atoms with E-state index in [1.54, 1.807) is 4.52 Å². The Labute approximate surface area is 173 Å². The van der Waals surface area contributed by atoms with E-state index in [1.165, 1.54) is 0 Å². The van der Waals surface area contributed by atoms with E-state index in [1.807, 2.05) is 45.4 Å². The number of pyridine rings is 2. The van der Waals surface area contributed by atoms with Crippen LogP contribution in [0.3, 0.4) is 0 Å². The molecule has 7 nitrogen and oxygen atoms in total. The summed E-state index contributed by atoms with van der Waals surface area (Å²) in [7, 11) is 2.01. The van der Waals surface area contributed by atoms with Gasteiger partial charge in [-0.1, -0.05) is 11.6 Å². The summed E-state index contributed by atoms with van der Waals surface area (Å²) in [6, 6.07) is 6.45. The third kappa shape index (κ3) is 3.20. The number of aryl methyl sites for hydroxylation is 2. The minimum absolute atomic E-state index is 0.512. The zero-order chi connectivity index (χ0) is 20.1. The fraction of sp³-hybridized carbons (Fsp3) is 0.333. The van der Waals surface area contributed by atoms with Crippen LogP contribution >= 0.6 is 11.6 Å². The molecule has 4 aromatic heterocycles. The van der Waals surface area contributed by atoms with Crippen LogP contribution in [0.25, 0.3) is 28.1 Å². The quantitative estimate of drug-likeness (QED) is 0.561. The van der Waals surface area contributed by atoms with Gasteiger partial charge >= 0.3 is 0 Å². The largest absolute Gasteiger partial charge is 0.369 e. The van der Waals surface area contributed by atoms with Crippen LogP contribution in [0.15, 0.2) is 30.6 Å². The van der Waals surface area contributed by atoms with Crippen LogP contribution in [0.2, 0.25) is 5.02 Å². The molecule has 0 radical (unpaired) electrons. The Bertz CT molecular complexity index is 1230. The highest BCUT2D eigenvalue weighted by Gasteiger charge is 2.22. The van der Waals surface area contributed by atoms with Crippen molar-refractivity contribution in [3.8, 4) is 11.4 Å². The molecular weight excluding hydrogens is 386 g/mol. The molecule has 148 valence electrons. The highest BCUT2D eigenvalue weighted by atomic mass is 35.5. The van der Waals surface area contributed by atoms with Gasteiger partial charge in [0.2, 0.25) is 0 Å². The normalized spacial score (nSPS) is 17.0. The monoisotopic (exact) mass is 407 g/mol. The molecule has 0 spiro atoms. The number of fused-ring (bicyclic) bond motifs is 2. The van der Waals surface area contributed by atoms with Gasteiger partial charge in [0, 0.05) is 24.5 Å². The minimum atomic E-state index is 0.512. The Morgan fingerprint density at radius 3 is 2.79 bits per heavy atom. The van der Waals surface area contributed by atoms with Crippen molar-refractivity contribution in [1.29, 1.82) is 0 Å². The van der Waals surface area contributed by atoms with E-state index >= 15 is 0 Å². The number of likely N-dealkylation sites (N-methyl/N-ethyl adjacent to an activating group) is 1. The van der Waals surface area contributed by atoms with Crippen molar-refractivity contribution in [3.63, 3.8) is 0 Å². The number of hydrogen-bond donors (Lipinski definition) is 1. The zero-order valence-corrected chi connectivity index (χ0v) is 17.4. The number of imidazole rings is 1. The summed E-state index contributed by atoms with van der Waals surface area (Å²) in [6.45, 7) is 5.96. The van der Waals surface area contributed by atoms with Gasteiger partial charge in [-0.15, -0.1) is 0 Å². The van der Waals surface area contributed by atoms with Gasteiger partial charge in [-0.2, -0.15) is 5.10 Å². The van der Waals surface area contributed by atoms with E-state index in [0.717, 1.165) is 53.2 Å². The van der Waals surface area contributed by atoms with Gasteiger partial charge in [-0.25, -0.2) is 19.5 Å². The topological polar surface area (TPSA) is 71.2 Å². The van der Waals surface area contributed by atoms with Crippen molar-refractivity contribution in [3.05, 3.63) is 46.9 Å². The number of hydrogen-bond acceptors (Lipinski definition) is 6. The van der Waals surface area contributed by atoms with E-state index < -0.39 is 0 Å². The van der Waals surface area contributed by atoms with Crippen molar-refractivity contribution in [2.45, 2.75) is 26.3 Å². The number of aromatic nitrogens is 5. The third-order valence-electron chi connectivity index (χ3n) is 5.55. The van der Waals surface area contributed by atoms with Gasteiger partial charge in [-0.3, -0.25) is 0 Å². The first-order valence-electron chi connectivity index (χ1n) is 9.74. The van der Waals surface area contributed by atoms with Crippen LogP contribution in [0.4, 0.5) is 5.69 Å². The molecule has 5 rings (SSSR count). The molecule has 1 N–H and O–H groups in total. The molecule has 0 unspecified atom stereocenters. The lowest BCUT2D eigenvalue weighted by Gasteiger charge is -2.18. The van der Waals surface area contributed by atoms with E-state index in [4.69, 9.17) is 16.6 Å². The van der Waals surface area contributed by atoms with Crippen molar-refractivity contribution in [2.75, 3.05) is 25.0 Å². The molecule has 1 aliphatic heterocycles. The van der Waals surface area contributed by atoms with Crippen LogP contribution in [0.1, 0.15) is 17.7 Å². The SMILES string of the molecule is CN[C@H]1CCN(c2cnc3nc(-c4cc(C)c5nc(C)cn5n4)cc(Cl)c3c2)C1. The van der Waals surface area contributed by atoms with Gasteiger partial charge in [0.15, 0.2) is 11.3 Å². The highest BCUT2D eigenvalue weighted by Crippen LogP contribution is 2.30. The van der Waals surface area contributed by atoms with Gasteiger partial charge in [0.25, 0.3) is 0 Å². The fourth-order valence-electron chi connectivity index (χ4n) is 3.96. The van der Waals surface area contributed by atoms with Crippen LogP contribution < -0.4 is 10.2 Å². The average Bonchev–Trinajstić information content (AvgIpc) is 3.34. The molecule has 0 saturated carbocycles. The average molecular weight is 408 g/mol. The van der Waals surface area contributed by atoms with Crippen molar-refractivity contribution < 1.29 is 0 Å². The molecule has 0 amide bonds. The Balaban J connectivity index is 1.56. The smallest absolute Gasteiger partial charge is 0.161 e. The standard InChI is InChI=1S/C21H22ClN7/c1-12-6-19(27-29-10-13(2)25-21(12)29)18-8-17(22)16-7-15(9-24-20(16)26-18)28-5-4-14(11-28)23-3/h6-10,14,23H,4-5,11H2,1-3H3/t14-/m0/s1. The number of nitrogens with one attached hydrogen (secondary N) is 1. The molecule has 0 aliphatic carbocycles. The molecule has 5 heterocycles. The maximum Gasteiger partial charge on any atom is 0.161 e. The Hall–Kier alpha value is -2.77. The molecule has 1 fully saturated rings. The predicted octanol–water partition coefficient (Wildman–Crippen LogP) is 3.41. The van der Waals surface area contributed by atoms with E-state index in [2.05, 4.69) is 31.3 Å². The second kappa shape index (κ2) is 6.93. The maximum absolute atomic E-state index is 6.65. The van der Waals surface area contributed by atoms with Gasteiger partial charge in [0.05, 0.1) is 34.5 Å². The highest BCUT2D eigenvalue weighted by molar-refractivity contribution is 6.35. The van der Waals surface area contributed by atoms with E-state index in [9.17, 15) is 0 Å². The number of nitrogens with zero attached hydrogens (tertiary/aromatic N) is 6. The Morgan fingerprint density at radius 1 is 1.14 bits per heavy atom. The molecule has 0 aromatic carbocycles. The number of rotatable bonds is 3. The molecule has 1 aliphatic rings. The summed E-state index contributed by atoms with van der Waals surface area (Å²) >= 11 is 6.65. The Kier molecular flexibility index (Phi) is 4.37. The van der Waals surface area contributed by atoms with E-state index in [-0.39, 0.29) is 0 Å². The second-order valence-electron chi connectivity index (χ2n) is 7.64. The molecular formula is C21H22ClN7. The predicted molar refractivity (Wildman–Crippen MR) is 116 cm³/mol. The minimum Gasteiger partial charge on any atom is -0.369 e. The van der Waals surface area contributed by atoms with Gasteiger partial charge in [0.1, 0.15) is 5.69 Å². The zero-order valence-electron chi connectivity index (χ0n) is 16.6. The maximum atomic E-state index is 6.65. The lowest BCUT2D eigenvalue weighted by atomic mass is 10.2. The summed E-state index contributed by atoms with van der Waals surface area (Å²) in [5, 5.41) is 9.49. The molecule has 1 saturated heterocycles. The molecule has 0 bridgehead atoms. The van der Waals surface area contributed by atoms with Crippen LogP contribution in [0, 0.1) is 13.8 Å². The molecule has 8 heteroatoms. The first kappa shape index (κ1) is 18.3. The lowest BCUT2D eigenvalue weighted by Crippen LogP contribution is -2.29. The van der Waals surface area contributed by atoms with Crippen LogP contribution in [-0.4, -0.2) is 50.7 Å². The Morgan fingerprint density at radius 2 is 2.00 bits per heavy atom. The second-order valence-corrected chi connectivity index (χ2v) is 8.04. The molecule has 29 heavy (non-hydrogen) atoms. The number of anilines is 1. The lowest BCUT2D eigenvalue weighted by molar-refractivity contribution is 0.617. The summed E-state index contributed by atoms with van der Waals surface area (Å²) in [5.74, 6) is 0. The summed E-state index contributed by atoms with van der Waals surface area (Å²) in [5.41, 5.74) is 5.98. The van der Waals surface area contributed by atoms with Crippen molar-refractivity contribution >= 4 is 34.0 Å². The van der Waals surface area contributed by atoms with Crippen molar-refractivity contribution in [2.24, 2.45) is 0 Å². The summed E-state index contributed by atoms with van der Waals surface area (Å²) in [6.07, 6.45) is 4.92. The fourth-order valence-corrected chi connectivity index (χ4v) is 4.20. The first-order chi connectivity index (χ1) is 14.0. The van der Waals surface area contributed by atoms with Gasteiger partial charge in [-0.05, 0) is 51.1 Å². The van der Waals surface area contributed by atoms with Crippen LogP contribution in [0.5, 0.6) is 0 Å². The molecule has 1 atom stereocenters. The van der Waals surface area contributed by atoms with Crippen molar-refractivity contribution in [1.82, 2.24) is 29.9 Å². The third-order valence-corrected chi connectivity index (χ3v) is 5.87. The van der Waals surface area contributed by atoms with Crippen LogP contribution in [-0.2, 0) is 0 Å². The summed E-state index contributed by atoms with van der Waals surface area (Å²) in [4.78, 5) is 16.2. The first-order valence-corrected chi connectivity index (χ1v) is 10.1. The molecule has 4 aromatic rings. The van der Waals surface area contributed by atoms with Gasteiger partial charge < -0.3 is 10.2 Å². The van der Waals surface area contributed by atoms with E-state index in [0.29, 0.717) is 22.4 Å².